The van der Waals surface area contributed by atoms with Crippen LogP contribution in [-0.2, 0) is 0 Å². The maximum Gasteiger partial charge on any atom is 0.0470 e. The van der Waals surface area contributed by atoms with E-state index in [0.717, 1.165) is 19.0 Å². The summed E-state index contributed by atoms with van der Waals surface area (Å²) in [5.74, 6) is 0.880. The number of nitrogens with two attached hydrogens (primary N) is 1. The zero-order valence-electron chi connectivity index (χ0n) is 12.4. The van der Waals surface area contributed by atoms with E-state index in [1.165, 1.54) is 45.4 Å². The molecule has 0 aromatic carbocycles. The summed E-state index contributed by atoms with van der Waals surface area (Å²) in [6.45, 7) is 6.89. The molecule has 2 saturated heterocycles. The van der Waals surface area contributed by atoms with Crippen molar-refractivity contribution < 1.29 is 0 Å². The molecule has 0 aromatic rings. The Morgan fingerprint density at radius 3 is 2.33 bits per heavy atom. The van der Waals surface area contributed by atoms with E-state index in [0.29, 0.717) is 0 Å². The highest BCUT2D eigenvalue weighted by atomic mass is 15.3. The first-order valence-electron chi connectivity index (χ1n) is 7.34. The monoisotopic (exact) mass is 254 g/mol. The number of nitrogens with zero attached hydrogens (tertiary/aromatic N) is 3. The van der Waals surface area contributed by atoms with Crippen LogP contribution in [0.1, 0.15) is 19.3 Å². The second-order valence-corrected chi connectivity index (χ2v) is 6.61. The molecule has 2 aliphatic rings. The van der Waals surface area contributed by atoms with E-state index in [4.69, 9.17) is 5.73 Å². The maximum atomic E-state index is 6.10. The van der Waals surface area contributed by atoms with Crippen LogP contribution in [0.4, 0.5) is 0 Å². The average molecular weight is 254 g/mol. The van der Waals surface area contributed by atoms with E-state index >= 15 is 0 Å². The quantitative estimate of drug-likeness (QED) is 0.782. The largest absolute Gasteiger partial charge is 0.329 e. The summed E-state index contributed by atoms with van der Waals surface area (Å²) in [4.78, 5) is 7.43. The fourth-order valence-corrected chi connectivity index (χ4v) is 3.72. The first-order valence-corrected chi connectivity index (χ1v) is 7.34. The number of hydrogen-bond donors (Lipinski definition) is 1. The van der Waals surface area contributed by atoms with Crippen LogP contribution >= 0.6 is 0 Å². The SMILES string of the molecule is CN(C)CC1CCN(C2(CN)CCN(C)C2)CC1. The van der Waals surface area contributed by atoms with Crippen LogP contribution in [0.25, 0.3) is 0 Å². The molecule has 0 amide bonds. The van der Waals surface area contributed by atoms with Crippen molar-refractivity contribution in [2.75, 3.05) is 60.4 Å². The molecular weight excluding hydrogens is 224 g/mol. The second-order valence-electron chi connectivity index (χ2n) is 6.61. The highest BCUT2D eigenvalue weighted by Crippen LogP contribution is 2.30. The average Bonchev–Trinajstić information content (AvgIpc) is 2.72. The van der Waals surface area contributed by atoms with Crippen LogP contribution in [0.2, 0.25) is 0 Å². The molecule has 2 rings (SSSR count). The summed E-state index contributed by atoms with van der Waals surface area (Å²) in [5, 5.41) is 0. The van der Waals surface area contributed by atoms with Crippen LogP contribution in [-0.4, -0.2) is 80.7 Å². The maximum absolute atomic E-state index is 6.10. The molecule has 2 heterocycles. The Kier molecular flexibility index (Phi) is 4.64. The van der Waals surface area contributed by atoms with Crippen molar-refractivity contribution in [1.29, 1.82) is 0 Å². The summed E-state index contributed by atoms with van der Waals surface area (Å²) in [6.07, 6.45) is 3.92. The van der Waals surface area contributed by atoms with Crippen LogP contribution < -0.4 is 5.73 Å². The van der Waals surface area contributed by atoms with Gasteiger partial charge in [-0.3, -0.25) is 4.90 Å². The van der Waals surface area contributed by atoms with E-state index in [1.54, 1.807) is 0 Å². The number of likely N-dealkylation sites (N-methyl/N-ethyl adjacent to an activating group) is 1. The second kappa shape index (κ2) is 5.87. The molecule has 4 heteroatoms. The molecule has 1 atom stereocenters. The Morgan fingerprint density at radius 2 is 1.89 bits per heavy atom. The summed E-state index contributed by atoms with van der Waals surface area (Å²) >= 11 is 0. The Balaban J connectivity index is 1.88. The molecule has 0 spiro atoms. The van der Waals surface area contributed by atoms with E-state index in [-0.39, 0.29) is 5.54 Å². The van der Waals surface area contributed by atoms with Gasteiger partial charge in [-0.1, -0.05) is 0 Å². The lowest BCUT2D eigenvalue weighted by molar-refractivity contribution is 0.0563. The summed E-state index contributed by atoms with van der Waals surface area (Å²) in [7, 11) is 6.58. The van der Waals surface area contributed by atoms with Crippen molar-refractivity contribution in [3.63, 3.8) is 0 Å². The van der Waals surface area contributed by atoms with E-state index in [2.05, 4.69) is 35.8 Å². The van der Waals surface area contributed by atoms with Gasteiger partial charge >= 0.3 is 0 Å². The van der Waals surface area contributed by atoms with Gasteiger partial charge in [0.05, 0.1) is 0 Å². The van der Waals surface area contributed by atoms with Crippen molar-refractivity contribution in [1.82, 2.24) is 14.7 Å². The van der Waals surface area contributed by atoms with E-state index < -0.39 is 0 Å². The zero-order chi connectivity index (χ0) is 13.2. The third kappa shape index (κ3) is 3.05. The Hall–Kier alpha value is -0.160. The van der Waals surface area contributed by atoms with Crippen molar-refractivity contribution >= 4 is 0 Å². The van der Waals surface area contributed by atoms with Crippen LogP contribution in [0.5, 0.6) is 0 Å². The number of piperidine rings is 1. The number of likely N-dealkylation sites (tertiary alicyclic amines) is 2. The first kappa shape index (κ1) is 14.3. The minimum atomic E-state index is 0.276. The predicted octanol–water partition coefficient (Wildman–Crippen LogP) is 0.293. The van der Waals surface area contributed by atoms with E-state index in [9.17, 15) is 0 Å². The molecule has 0 bridgehead atoms. The van der Waals surface area contributed by atoms with Gasteiger partial charge in [-0.25, -0.2) is 0 Å². The molecule has 0 radical (unpaired) electrons. The van der Waals surface area contributed by atoms with Crippen molar-refractivity contribution in [2.24, 2.45) is 11.7 Å². The standard InChI is InChI=1S/C14H30N4/c1-16(2)10-13-4-7-18(8-5-13)14(11-15)6-9-17(3)12-14/h13H,4-12,15H2,1-3H3. The van der Waals surface area contributed by atoms with Gasteiger partial charge in [0.15, 0.2) is 0 Å². The van der Waals surface area contributed by atoms with Crippen molar-refractivity contribution in [3.05, 3.63) is 0 Å². The zero-order valence-corrected chi connectivity index (χ0v) is 12.4. The third-order valence-electron chi connectivity index (χ3n) is 4.81. The van der Waals surface area contributed by atoms with Crippen LogP contribution in [0.15, 0.2) is 0 Å². The van der Waals surface area contributed by atoms with Crippen molar-refractivity contribution in [3.8, 4) is 0 Å². The number of hydrogen-bond acceptors (Lipinski definition) is 4. The Labute approximate surface area is 112 Å². The molecule has 2 N–H and O–H groups in total. The van der Waals surface area contributed by atoms with Gasteiger partial charge in [0.2, 0.25) is 0 Å². The lowest BCUT2D eigenvalue weighted by Crippen LogP contribution is -2.58. The molecule has 18 heavy (non-hydrogen) atoms. The number of rotatable bonds is 4. The summed E-state index contributed by atoms with van der Waals surface area (Å²) in [5.41, 5.74) is 6.38. The van der Waals surface area contributed by atoms with Gasteiger partial charge < -0.3 is 15.5 Å². The molecule has 2 fully saturated rings. The van der Waals surface area contributed by atoms with Gasteiger partial charge in [0, 0.05) is 25.2 Å². The molecule has 2 aliphatic heterocycles. The molecule has 0 aliphatic carbocycles. The minimum Gasteiger partial charge on any atom is -0.329 e. The minimum absolute atomic E-state index is 0.276. The molecule has 4 nitrogen and oxygen atoms in total. The lowest BCUT2D eigenvalue weighted by atomic mass is 9.89. The van der Waals surface area contributed by atoms with Crippen LogP contribution in [0, 0.1) is 5.92 Å². The van der Waals surface area contributed by atoms with Gasteiger partial charge in [-0.15, -0.1) is 0 Å². The fourth-order valence-electron chi connectivity index (χ4n) is 3.72. The molecular formula is C14H30N4. The predicted molar refractivity (Wildman–Crippen MR) is 76.8 cm³/mol. The lowest BCUT2D eigenvalue weighted by Gasteiger charge is -2.44. The Morgan fingerprint density at radius 1 is 1.22 bits per heavy atom. The smallest absolute Gasteiger partial charge is 0.0470 e. The highest BCUT2D eigenvalue weighted by Gasteiger charge is 2.41. The normalized spacial score (nSPS) is 32.5. The molecule has 0 saturated carbocycles. The van der Waals surface area contributed by atoms with Gasteiger partial charge in [-0.05, 0) is 66.0 Å². The molecule has 0 aromatic heterocycles. The topological polar surface area (TPSA) is 35.7 Å². The highest BCUT2D eigenvalue weighted by molar-refractivity contribution is 5.00. The van der Waals surface area contributed by atoms with Gasteiger partial charge in [0.1, 0.15) is 0 Å². The third-order valence-corrected chi connectivity index (χ3v) is 4.81. The first-order chi connectivity index (χ1) is 8.55. The molecule has 1 unspecified atom stereocenters. The van der Waals surface area contributed by atoms with Crippen molar-refractivity contribution in [2.45, 2.75) is 24.8 Å². The summed E-state index contributed by atoms with van der Waals surface area (Å²) in [6, 6.07) is 0. The fraction of sp³-hybridized carbons (Fsp3) is 1.00. The van der Waals surface area contributed by atoms with E-state index in [1.807, 2.05) is 0 Å². The summed E-state index contributed by atoms with van der Waals surface area (Å²) < 4.78 is 0. The van der Waals surface area contributed by atoms with Crippen LogP contribution in [0.3, 0.4) is 0 Å². The molecule has 106 valence electrons. The van der Waals surface area contributed by atoms with Gasteiger partial charge in [-0.2, -0.15) is 0 Å². The van der Waals surface area contributed by atoms with Gasteiger partial charge in [0.25, 0.3) is 0 Å². The Bertz CT molecular complexity index is 261.